The summed E-state index contributed by atoms with van der Waals surface area (Å²) in [5.41, 5.74) is 8.79. The second-order valence-corrected chi connectivity index (χ2v) is 4.53. The van der Waals surface area contributed by atoms with Crippen LogP contribution in [0.2, 0.25) is 0 Å². The summed E-state index contributed by atoms with van der Waals surface area (Å²) in [4.78, 5) is 2.41. The summed E-state index contributed by atoms with van der Waals surface area (Å²) in [6, 6.07) is 5.94. The zero-order valence-electron chi connectivity index (χ0n) is 10.2. The van der Waals surface area contributed by atoms with E-state index in [4.69, 9.17) is 10.9 Å². The van der Waals surface area contributed by atoms with Crippen molar-refractivity contribution in [3.8, 4) is 0 Å². The van der Waals surface area contributed by atoms with Crippen molar-refractivity contribution in [1.29, 1.82) is 0 Å². The van der Waals surface area contributed by atoms with E-state index in [-0.39, 0.29) is 5.84 Å². The van der Waals surface area contributed by atoms with Crippen molar-refractivity contribution in [2.24, 2.45) is 10.9 Å². The maximum Gasteiger partial charge on any atom is 0.170 e. The summed E-state index contributed by atoms with van der Waals surface area (Å²) < 4.78 is 0. The molecule has 92 valence electrons. The van der Waals surface area contributed by atoms with Gasteiger partial charge in [0.25, 0.3) is 0 Å². The lowest BCUT2D eigenvalue weighted by molar-refractivity contribution is 0.318. The Morgan fingerprint density at radius 3 is 2.59 bits per heavy atom. The van der Waals surface area contributed by atoms with Crippen LogP contribution in [0.5, 0.6) is 0 Å². The van der Waals surface area contributed by atoms with Gasteiger partial charge in [-0.25, -0.2) is 0 Å². The van der Waals surface area contributed by atoms with Gasteiger partial charge >= 0.3 is 0 Å². The zero-order chi connectivity index (χ0) is 12.3. The summed E-state index contributed by atoms with van der Waals surface area (Å²) >= 11 is 0. The van der Waals surface area contributed by atoms with Gasteiger partial charge in [-0.15, -0.1) is 0 Å². The van der Waals surface area contributed by atoms with Gasteiger partial charge in [-0.3, -0.25) is 0 Å². The van der Waals surface area contributed by atoms with Gasteiger partial charge in [0.1, 0.15) is 0 Å². The van der Waals surface area contributed by atoms with Crippen LogP contribution in [0.25, 0.3) is 0 Å². The van der Waals surface area contributed by atoms with Crippen LogP contribution in [-0.4, -0.2) is 24.1 Å². The first-order chi connectivity index (χ1) is 8.22. The van der Waals surface area contributed by atoms with Gasteiger partial charge in [-0.2, -0.15) is 0 Å². The molecule has 1 aliphatic rings. The van der Waals surface area contributed by atoms with Gasteiger partial charge in [-0.1, -0.05) is 5.16 Å². The minimum Gasteiger partial charge on any atom is -0.409 e. The summed E-state index contributed by atoms with van der Waals surface area (Å²) in [7, 11) is 0. The number of amidine groups is 1. The molecule has 4 heteroatoms. The molecule has 1 heterocycles. The number of hydrogen-bond donors (Lipinski definition) is 2. The van der Waals surface area contributed by atoms with E-state index < -0.39 is 0 Å². The minimum atomic E-state index is 0.165. The summed E-state index contributed by atoms with van der Waals surface area (Å²) in [6.07, 6.45) is 3.86. The lowest BCUT2D eigenvalue weighted by atomic mass is 10.1. The Balaban J connectivity index is 2.24. The smallest absolute Gasteiger partial charge is 0.170 e. The Kier molecular flexibility index (Phi) is 3.52. The van der Waals surface area contributed by atoms with Crippen LogP contribution in [0.1, 0.15) is 30.4 Å². The molecule has 0 amide bonds. The van der Waals surface area contributed by atoms with E-state index in [2.05, 4.69) is 23.0 Å². The van der Waals surface area contributed by atoms with Crippen LogP contribution in [0.4, 0.5) is 5.69 Å². The molecule has 0 atom stereocenters. The fraction of sp³-hybridized carbons (Fsp3) is 0.462. The van der Waals surface area contributed by atoms with E-state index >= 15 is 0 Å². The van der Waals surface area contributed by atoms with Crippen LogP contribution >= 0.6 is 0 Å². The van der Waals surface area contributed by atoms with Crippen molar-refractivity contribution in [3.05, 3.63) is 29.3 Å². The molecule has 1 saturated heterocycles. The number of nitrogens with zero attached hydrogens (tertiary/aromatic N) is 2. The van der Waals surface area contributed by atoms with Gasteiger partial charge in [0, 0.05) is 24.3 Å². The van der Waals surface area contributed by atoms with Gasteiger partial charge < -0.3 is 15.8 Å². The van der Waals surface area contributed by atoms with Crippen LogP contribution in [-0.2, 0) is 0 Å². The van der Waals surface area contributed by atoms with Crippen molar-refractivity contribution >= 4 is 11.5 Å². The number of piperidine rings is 1. The Morgan fingerprint density at radius 1 is 1.29 bits per heavy atom. The SMILES string of the molecule is Cc1cc(/C(N)=N/O)ccc1N1CCCCC1. The van der Waals surface area contributed by atoms with E-state index in [9.17, 15) is 0 Å². The Morgan fingerprint density at radius 2 is 2.00 bits per heavy atom. The van der Waals surface area contributed by atoms with Crippen molar-refractivity contribution < 1.29 is 5.21 Å². The maximum absolute atomic E-state index is 8.65. The first-order valence-corrected chi connectivity index (χ1v) is 6.06. The molecule has 1 fully saturated rings. The third kappa shape index (κ3) is 2.52. The highest BCUT2D eigenvalue weighted by atomic mass is 16.4. The molecule has 0 spiro atoms. The number of aryl methyl sites for hydroxylation is 1. The predicted octanol–water partition coefficient (Wildman–Crippen LogP) is 2.08. The van der Waals surface area contributed by atoms with E-state index in [1.165, 1.54) is 30.5 Å². The number of rotatable bonds is 2. The second kappa shape index (κ2) is 5.08. The van der Waals surface area contributed by atoms with Gasteiger partial charge in [-0.05, 0) is 49.9 Å². The number of oxime groups is 1. The molecule has 3 N–H and O–H groups in total. The summed E-state index contributed by atoms with van der Waals surface area (Å²) in [5, 5.41) is 11.7. The monoisotopic (exact) mass is 233 g/mol. The molecule has 17 heavy (non-hydrogen) atoms. The van der Waals surface area contributed by atoms with Crippen molar-refractivity contribution in [1.82, 2.24) is 0 Å². The van der Waals surface area contributed by atoms with E-state index in [0.717, 1.165) is 18.7 Å². The molecule has 1 aliphatic heterocycles. The van der Waals surface area contributed by atoms with Gasteiger partial charge in [0.15, 0.2) is 5.84 Å². The van der Waals surface area contributed by atoms with Crippen LogP contribution in [0, 0.1) is 6.92 Å². The minimum absolute atomic E-state index is 0.165. The first-order valence-electron chi connectivity index (χ1n) is 6.06. The van der Waals surface area contributed by atoms with Crippen LogP contribution in [0.3, 0.4) is 0 Å². The molecule has 2 rings (SSSR count). The molecule has 0 aromatic heterocycles. The molecular formula is C13H19N3O. The maximum atomic E-state index is 8.65. The molecule has 0 aliphatic carbocycles. The molecule has 0 radical (unpaired) electrons. The zero-order valence-corrected chi connectivity index (χ0v) is 10.2. The van der Waals surface area contributed by atoms with Crippen molar-refractivity contribution in [3.63, 3.8) is 0 Å². The fourth-order valence-electron chi connectivity index (χ4n) is 2.36. The van der Waals surface area contributed by atoms with E-state index in [0.29, 0.717) is 0 Å². The third-order valence-corrected chi connectivity index (χ3v) is 3.30. The molecule has 0 unspecified atom stereocenters. The lowest BCUT2D eigenvalue weighted by Crippen LogP contribution is -2.30. The van der Waals surface area contributed by atoms with Crippen LogP contribution in [0.15, 0.2) is 23.4 Å². The topological polar surface area (TPSA) is 61.9 Å². The average molecular weight is 233 g/mol. The van der Waals surface area contributed by atoms with Gasteiger partial charge in [0.2, 0.25) is 0 Å². The number of nitrogens with two attached hydrogens (primary N) is 1. The number of hydrogen-bond acceptors (Lipinski definition) is 3. The van der Waals surface area contributed by atoms with E-state index in [1.54, 1.807) is 0 Å². The molecule has 4 nitrogen and oxygen atoms in total. The summed E-state index contributed by atoms with van der Waals surface area (Å²) in [6.45, 7) is 4.33. The largest absolute Gasteiger partial charge is 0.409 e. The van der Waals surface area contributed by atoms with Gasteiger partial charge in [0.05, 0.1) is 0 Å². The normalized spacial score (nSPS) is 17.2. The standard InChI is InChI=1S/C13H19N3O/c1-10-9-11(13(14)15-17)5-6-12(10)16-7-3-2-4-8-16/h5-6,9,17H,2-4,7-8H2,1H3,(H2,14,15). The van der Waals surface area contributed by atoms with Crippen LogP contribution < -0.4 is 10.6 Å². The molecule has 0 saturated carbocycles. The average Bonchev–Trinajstić information content (AvgIpc) is 2.38. The summed E-state index contributed by atoms with van der Waals surface area (Å²) in [5.74, 6) is 0.165. The molecule has 1 aromatic carbocycles. The molecule has 1 aromatic rings. The quantitative estimate of drug-likeness (QED) is 0.356. The highest BCUT2D eigenvalue weighted by Crippen LogP contribution is 2.24. The number of benzene rings is 1. The Hall–Kier alpha value is -1.71. The first kappa shape index (κ1) is 11.8. The van der Waals surface area contributed by atoms with Crippen molar-refractivity contribution in [2.75, 3.05) is 18.0 Å². The molecule has 0 bridgehead atoms. The lowest BCUT2D eigenvalue weighted by Gasteiger charge is -2.30. The van der Waals surface area contributed by atoms with E-state index in [1.807, 2.05) is 12.1 Å². The number of anilines is 1. The highest BCUT2D eigenvalue weighted by Gasteiger charge is 2.13. The fourth-order valence-corrected chi connectivity index (χ4v) is 2.36. The predicted molar refractivity (Wildman–Crippen MR) is 69.8 cm³/mol. The Labute approximate surface area is 102 Å². The second-order valence-electron chi connectivity index (χ2n) is 4.53. The highest BCUT2D eigenvalue weighted by molar-refractivity contribution is 5.97. The third-order valence-electron chi connectivity index (χ3n) is 3.30. The molecular weight excluding hydrogens is 214 g/mol. The Bertz CT molecular complexity index is 423. The van der Waals surface area contributed by atoms with Crippen molar-refractivity contribution in [2.45, 2.75) is 26.2 Å².